The fourth-order valence-electron chi connectivity index (χ4n) is 5.61. The van der Waals surface area contributed by atoms with Crippen LogP contribution in [0.2, 0.25) is 0 Å². The van der Waals surface area contributed by atoms with Gasteiger partial charge >= 0.3 is 5.97 Å². The first-order valence-corrected chi connectivity index (χ1v) is 12.0. The van der Waals surface area contributed by atoms with Gasteiger partial charge in [0.2, 0.25) is 11.8 Å². The highest BCUT2D eigenvalue weighted by atomic mass is 16.5. The number of oxazole rings is 1. The van der Waals surface area contributed by atoms with E-state index in [1.165, 1.54) is 0 Å². The van der Waals surface area contributed by atoms with E-state index in [0.717, 1.165) is 54.7 Å². The van der Waals surface area contributed by atoms with Crippen molar-refractivity contribution >= 4 is 11.9 Å². The van der Waals surface area contributed by atoms with Crippen molar-refractivity contribution < 1.29 is 23.8 Å². The fourth-order valence-corrected chi connectivity index (χ4v) is 5.61. The monoisotopic (exact) mass is 454 g/mol. The van der Waals surface area contributed by atoms with Gasteiger partial charge in [-0.15, -0.1) is 0 Å². The molecule has 178 valence electrons. The van der Waals surface area contributed by atoms with Gasteiger partial charge in [-0.25, -0.2) is 4.98 Å². The van der Waals surface area contributed by atoms with Gasteiger partial charge in [0, 0.05) is 18.7 Å². The zero-order valence-corrected chi connectivity index (χ0v) is 19.7. The summed E-state index contributed by atoms with van der Waals surface area (Å²) in [6, 6.07) is 8.09. The number of ether oxygens (including phenoxy) is 1. The smallest absolute Gasteiger partial charge is 0.307 e. The summed E-state index contributed by atoms with van der Waals surface area (Å²) in [6.07, 6.45) is 5.45. The number of amides is 1. The van der Waals surface area contributed by atoms with Crippen molar-refractivity contribution in [3.05, 3.63) is 41.3 Å². The van der Waals surface area contributed by atoms with Crippen molar-refractivity contribution in [2.75, 3.05) is 7.11 Å². The summed E-state index contributed by atoms with van der Waals surface area (Å²) in [6.45, 7) is 3.96. The summed E-state index contributed by atoms with van der Waals surface area (Å²) in [7, 11) is 1.70. The average molecular weight is 455 g/mol. The lowest BCUT2D eigenvalue weighted by Crippen LogP contribution is -2.44. The summed E-state index contributed by atoms with van der Waals surface area (Å²) in [4.78, 5) is 29.1. The van der Waals surface area contributed by atoms with Crippen LogP contribution in [0.1, 0.15) is 68.1 Å². The molecule has 0 radical (unpaired) electrons. The number of methoxy groups -OCH3 is 1. The molecule has 5 unspecified atom stereocenters. The zero-order valence-electron chi connectivity index (χ0n) is 19.7. The highest BCUT2D eigenvalue weighted by molar-refractivity contribution is 5.85. The van der Waals surface area contributed by atoms with Gasteiger partial charge in [0.05, 0.1) is 11.8 Å². The van der Waals surface area contributed by atoms with E-state index in [9.17, 15) is 14.7 Å². The van der Waals surface area contributed by atoms with E-state index in [0.29, 0.717) is 18.7 Å². The summed E-state index contributed by atoms with van der Waals surface area (Å²) in [5.74, 6) is -0.417. The molecule has 1 aromatic carbocycles. The van der Waals surface area contributed by atoms with Crippen LogP contribution in [0.25, 0.3) is 11.5 Å². The lowest BCUT2D eigenvalue weighted by molar-refractivity contribution is -0.146. The molecule has 0 saturated heterocycles. The number of nitrogens with zero attached hydrogens (tertiary/aromatic N) is 1. The van der Waals surface area contributed by atoms with E-state index in [1.807, 2.05) is 32.0 Å². The lowest BCUT2D eigenvalue weighted by atomic mass is 9.80. The topological polar surface area (TPSA) is 102 Å². The van der Waals surface area contributed by atoms with Gasteiger partial charge in [0.1, 0.15) is 17.6 Å². The van der Waals surface area contributed by atoms with Crippen molar-refractivity contribution in [2.45, 2.75) is 70.9 Å². The number of carboxylic acid groups (broad SMARTS) is 1. The number of benzene rings is 1. The highest BCUT2D eigenvalue weighted by Crippen LogP contribution is 2.39. The Labute approximate surface area is 194 Å². The molecule has 7 nitrogen and oxygen atoms in total. The largest absolute Gasteiger partial charge is 0.481 e. The summed E-state index contributed by atoms with van der Waals surface area (Å²) >= 11 is 0. The first-order valence-electron chi connectivity index (χ1n) is 12.0. The maximum absolute atomic E-state index is 12.9. The number of hydrogen-bond donors (Lipinski definition) is 2. The third kappa shape index (κ3) is 5.13. The second-order valence-electron chi connectivity index (χ2n) is 9.60. The summed E-state index contributed by atoms with van der Waals surface area (Å²) < 4.78 is 11.9. The van der Waals surface area contributed by atoms with E-state index in [2.05, 4.69) is 11.4 Å². The van der Waals surface area contributed by atoms with Gasteiger partial charge in [-0.2, -0.15) is 0 Å². The van der Waals surface area contributed by atoms with Crippen molar-refractivity contribution in [1.29, 1.82) is 0 Å². The minimum atomic E-state index is -0.862. The zero-order chi connectivity index (χ0) is 23.5. The Hall–Kier alpha value is -2.67. The third-order valence-corrected chi connectivity index (χ3v) is 7.28. The van der Waals surface area contributed by atoms with E-state index in [4.69, 9.17) is 14.1 Å². The molecule has 7 heteroatoms. The second-order valence-corrected chi connectivity index (χ2v) is 9.60. The number of carbonyl (C=O) groups excluding carboxylic acids is 1. The van der Waals surface area contributed by atoms with E-state index < -0.39 is 17.8 Å². The maximum Gasteiger partial charge on any atom is 0.307 e. The van der Waals surface area contributed by atoms with Gasteiger partial charge in [0.25, 0.3) is 0 Å². The minimum absolute atomic E-state index is 0.0207. The average Bonchev–Trinajstić information content (AvgIpc) is 3.42. The number of rotatable bonds is 7. The van der Waals surface area contributed by atoms with E-state index >= 15 is 0 Å². The molecule has 0 spiro atoms. The SMILES string of the molecule is COC(c1nc(-c2cccc(C)c2)oc1C)C1CCCC(NC(=O)C2CCCC2C(=O)O)C1. The fraction of sp³-hybridized carbons (Fsp3) is 0.577. The highest BCUT2D eigenvalue weighted by Gasteiger charge is 2.39. The molecule has 5 atom stereocenters. The standard InChI is InChI=1S/C26H34N2O5/c1-15-7-4-9-18(13-15)25-28-22(16(2)33-25)23(32-3)17-8-5-10-19(14-17)27-24(29)20-11-6-12-21(20)26(30)31/h4,7,9,13,17,19-21,23H,5-6,8,10-12,14H2,1-3H3,(H,27,29)(H,30,31). The van der Waals surface area contributed by atoms with E-state index in [1.54, 1.807) is 7.11 Å². The Balaban J connectivity index is 1.46. The second kappa shape index (κ2) is 10.1. The Morgan fingerprint density at radius 1 is 1.15 bits per heavy atom. The third-order valence-electron chi connectivity index (χ3n) is 7.28. The predicted molar refractivity (Wildman–Crippen MR) is 124 cm³/mol. The van der Waals surface area contributed by atoms with Crippen molar-refractivity contribution in [2.24, 2.45) is 17.8 Å². The Kier molecular flexibility index (Phi) is 7.17. The normalized spacial score (nSPS) is 26.2. The molecule has 0 bridgehead atoms. The molecule has 2 saturated carbocycles. The number of carbonyl (C=O) groups is 2. The van der Waals surface area contributed by atoms with Crippen molar-refractivity contribution in [3.63, 3.8) is 0 Å². The number of aryl methyl sites for hydroxylation is 2. The molecular formula is C26H34N2O5. The number of nitrogens with one attached hydrogen (secondary N) is 1. The van der Waals surface area contributed by atoms with Crippen molar-refractivity contribution in [3.8, 4) is 11.5 Å². The predicted octanol–water partition coefficient (Wildman–Crippen LogP) is 4.82. The Morgan fingerprint density at radius 2 is 1.91 bits per heavy atom. The lowest BCUT2D eigenvalue weighted by Gasteiger charge is -2.34. The first kappa shape index (κ1) is 23.5. The molecule has 1 heterocycles. The van der Waals surface area contributed by atoms with Gasteiger partial charge in [0.15, 0.2) is 0 Å². The van der Waals surface area contributed by atoms with Gasteiger partial charge in [-0.3, -0.25) is 9.59 Å². The molecule has 2 aliphatic carbocycles. The van der Waals surface area contributed by atoms with Crippen LogP contribution < -0.4 is 5.32 Å². The maximum atomic E-state index is 12.9. The van der Waals surface area contributed by atoms with Crippen molar-refractivity contribution in [1.82, 2.24) is 10.3 Å². The summed E-state index contributed by atoms with van der Waals surface area (Å²) in [5, 5.41) is 12.6. The van der Waals surface area contributed by atoms with Gasteiger partial charge in [-0.05, 0) is 64.0 Å². The molecule has 4 rings (SSSR count). The Morgan fingerprint density at radius 3 is 2.64 bits per heavy atom. The molecule has 0 aliphatic heterocycles. The number of aromatic nitrogens is 1. The van der Waals surface area contributed by atoms with Crippen LogP contribution in [0.3, 0.4) is 0 Å². The van der Waals surface area contributed by atoms with Crippen LogP contribution in [0.4, 0.5) is 0 Å². The number of aliphatic carboxylic acids is 1. The van der Waals surface area contributed by atoms with Crippen LogP contribution in [0, 0.1) is 31.6 Å². The quantitative estimate of drug-likeness (QED) is 0.622. The van der Waals surface area contributed by atoms with Gasteiger partial charge in [-0.1, -0.05) is 30.5 Å². The molecule has 1 amide bonds. The van der Waals surface area contributed by atoms with Crippen LogP contribution in [0.15, 0.2) is 28.7 Å². The first-order chi connectivity index (χ1) is 15.9. The van der Waals surface area contributed by atoms with E-state index in [-0.39, 0.29) is 24.0 Å². The molecule has 33 heavy (non-hydrogen) atoms. The van der Waals surface area contributed by atoms with Gasteiger partial charge < -0.3 is 19.6 Å². The number of carboxylic acids is 1. The molecule has 2 N–H and O–H groups in total. The molecule has 2 aliphatic rings. The molecular weight excluding hydrogens is 420 g/mol. The molecule has 2 fully saturated rings. The van der Waals surface area contributed by atoms with Crippen LogP contribution >= 0.6 is 0 Å². The Bertz CT molecular complexity index is 1000. The number of hydrogen-bond acceptors (Lipinski definition) is 5. The molecule has 2 aromatic rings. The summed E-state index contributed by atoms with van der Waals surface area (Å²) in [5.41, 5.74) is 2.90. The molecule has 1 aromatic heterocycles. The van der Waals surface area contributed by atoms with Crippen LogP contribution in [0.5, 0.6) is 0 Å². The van der Waals surface area contributed by atoms with Crippen LogP contribution in [-0.2, 0) is 14.3 Å². The van der Waals surface area contributed by atoms with Crippen LogP contribution in [-0.4, -0.2) is 35.1 Å². The minimum Gasteiger partial charge on any atom is -0.481 e.